The van der Waals surface area contributed by atoms with Gasteiger partial charge in [-0.2, -0.15) is 0 Å². The van der Waals surface area contributed by atoms with Crippen molar-refractivity contribution in [2.45, 2.75) is 19.9 Å². The smallest absolute Gasteiger partial charge is 0.239 e. The summed E-state index contributed by atoms with van der Waals surface area (Å²) < 4.78 is 0. The quantitative estimate of drug-likeness (QED) is 0.879. The second kappa shape index (κ2) is 6.60. The number of aryl methyl sites for hydroxylation is 1. The van der Waals surface area contributed by atoms with Gasteiger partial charge >= 0.3 is 0 Å². The van der Waals surface area contributed by atoms with E-state index in [1.54, 1.807) is 17.3 Å². The Morgan fingerprint density at radius 1 is 1.35 bits per heavy atom. The number of amides is 2. The molecule has 0 bridgehead atoms. The van der Waals surface area contributed by atoms with Gasteiger partial charge in [-0.25, -0.2) is 0 Å². The van der Waals surface area contributed by atoms with Crippen molar-refractivity contribution >= 4 is 17.5 Å². The normalized spacial score (nSPS) is 17.3. The number of nitrogens with zero attached hydrogens (tertiary/aromatic N) is 2. The Hall–Kier alpha value is -2.69. The second-order valence-electron chi connectivity index (χ2n) is 5.75. The lowest BCUT2D eigenvalue weighted by Gasteiger charge is -2.17. The molecule has 118 valence electrons. The number of benzene rings is 1. The van der Waals surface area contributed by atoms with Crippen LogP contribution >= 0.6 is 0 Å². The van der Waals surface area contributed by atoms with Gasteiger partial charge in [-0.15, -0.1) is 0 Å². The van der Waals surface area contributed by atoms with Gasteiger partial charge in [-0.1, -0.05) is 18.2 Å². The van der Waals surface area contributed by atoms with Crippen LogP contribution in [0.2, 0.25) is 0 Å². The monoisotopic (exact) mass is 309 g/mol. The third-order valence-electron chi connectivity index (χ3n) is 4.02. The summed E-state index contributed by atoms with van der Waals surface area (Å²) in [5.74, 6) is -0.944. The second-order valence-corrected chi connectivity index (χ2v) is 5.75. The van der Waals surface area contributed by atoms with E-state index < -0.39 is 5.92 Å². The molecule has 1 saturated heterocycles. The molecular weight excluding hydrogens is 290 g/mol. The molecule has 23 heavy (non-hydrogen) atoms. The molecule has 1 aliphatic rings. The van der Waals surface area contributed by atoms with E-state index in [2.05, 4.69) is 10.3 Å². The number of rotatable bonds is 4. The highest BCUT2D eigenvalue weighted by Crippen LogP contribution is 2.26. The number of carbonyl (C=O) groups is 2. The highest BCUT2D eigenvalue weighted by Gasteiger charge is 2.37. The first-order valence-corrected chi connectivity index (χ1v) is 7.70. The molecule has 1 unspecified atom stereocenters. The molecule has 2 aromatic rings. The molecular formula is C18H19N3O2. The van der Waals surface area contributed by atoms with Crippen LogP contribution in [-0.4, -0.2) is 23.3 Å². The van der Waals surface area contributed by atoms with E-state index in [0.717, 1.165) is 16.8 Å². The van der Waals surface area contributed by atoms with Gasteiger partial charge in [0, 0.05) is 31.2 Å². The molecule has 1 aliphatic heterocycles. The molecule has 0 radical (unpaired) electrons. The maximum atomic E-state index is 12.5. The Labute approximate surface area is 135 Å². The predicted octanol–water partition coefficient (Wildman–Crippen LogP) is 2.06. The standard InChI is InChI=1S/C18H19N3O2/c1-13-4-2-6-15(10-13)21-9-7-16(18(21)23)17(22)20-12-14-5-3-8-19-11-14/h2-6,8,10-11,16H,7,9,12H2,1H3,(H,20,22). The van der Waals surface area contributed by atoms with Crippen LogP contribution in [-0.2, 0) is 16.1 Å². The van der Waals surface area contributed by atoms with Crippen molar-refractivity contribution in [3.63, 3.8) is 0 Å². The minimum atomic E-state index is -0.604. The fourth-order valence-corrected chi connectivity index (χ4v) is 2.79. The van der Waals surface area contributed by atoms with Crippen LogP contribution in [0.3, 0.4) is 0 Å². The summed E-state index contributed by atoms with van der Waals surface area (Å²) in [5.41, 5.74) is 2.87. The molecule has 1 atom stereocenters. The summed E-state index contributed by atoms with van der Waals surface area (Å²) in [6.45, 7) is 2.95. The van der Waals surface area contributed by atoms with Crippen LogP contribution in [0.4, 0.5) is 5.69 Å². The predicted molar refractivity (Wildman–Crippen MR) is 87.7 cm³/mol. The molecule has 1 fully saturated rings. The van der Waals surface area contributed by atoms with Crippen LogP contribution in [0, 0.1) is 12.8 Å². The zero-order valence-corrected chi connectivity index (χ0v) is 13.0. The van der Waals surface area contributed by atoms with Crippen LogP contribution in [0.15, 0.2) is 48.8 Å². The highest BCUT2D eigenvalue weighted by atomic mass is 16.2. The lowest BCUT2D eigenvalue weighted by atomic mass is 10.1. The van der Waals surface area contributed by atoms with Gasteiger partial charge < -0.3 is 10.2 Å². The van der Waals surface area contributed by atoms with Crippen molar-refractivity contribution in [3.8, 4) is 0 Å². The Morgan fingerprint density at radius 3 is 2.96 bits per heavy atom. The summed E-state index contributed by atoms with van der Waals surface area (Å²) in [6, 6.07) is 11.5. The molecule has 1 N–H and O–H groups in total. The third kappa shape index (κ3) is 3.39. The van der Waals surface area contributed by atoms with E-state index in [4.69, 9.17) is 0 Å². The molecule has 3 rings (SSSR count). The molecule has 0 saturated carbocycles. The fraction of sp³-hybridized carbons (Fsp3) is 0.278. The highest BCUT2D eigenvalue weighted by molar-refractivity contribution is 6.09. The van der Waals surface area contributed by atoms with E-state index in [0.29, 0.717) is 19.5 Å². The van der Waals surface area contributed by atoms with Crippen LogP contribution in [0.25, 0.3) is 0 Å². The van der Waals surface area contributed by atoms with Gasteiger partial charge in [0.05, 0.1) is 0 Å². The average Bonchev–Trinajstić information content (AvgIpc) is 2.95. The zero-order chi connectivity index (χ0) is 16.2. The van der Waals surface area contributed by atoms with Gasteiger partial charge in [0.2, 0.25) is 11.8 Å². The van der Waals surface area contributed by atoms with Crippen LogP contribution in [0.1, 0.15) is 17.5 Å². The van der Waals surface area contributed by atoms with Crippen LogP contribution < -0.4 is 10.2 Å². The zero-order valence-electron chi connectivity index (χ0n) is 13.0. The van der Waals surface area contributed by atoms with E-state index in [1.807, 2.05) is 43.3 Å². The minimum absolute atomic E-state index is 0.126. The van der Waals surface area contributed by atoms with Gasteiger partial charge in [0.15, 0.2) is 0 Å². The SMILES string of the molecule is Cc1cccc(N2CCC(C(=O)NCc3cccnc3)C2=O)c1. The van der Waals surface area contributed by atoms with Crippen LogP contribution in [0.5, 0.6) is 0 Å². The van der Waals surface area contributed by atoms with E-state index in [9.17, 15) is 9.59 Å². The summed E-state index contributed by atoms with van der Waals surface area (Å²) in [5, 5.41) is 2.83. The number of nitrogens with one attached hydrogen (secondary N) is 1. The number of aromatic nitrogens is 1. The van der Waals surface area contributed by atoms with Crippen molar-refractivity contribution in [3.05, 3.63) is 59.9 Å². The lowest BCUT2D eigenvalue weighted by Crippen LogP contribution is -2.36. The molecule has 1 aromatic heterocycles. The van der Waals surface area contributed by atoms with E-state index >= 15 is 0 Å². The first-order chi connectivity index (χ1) is 11.1. The number of hydrogen-bond acceptors (Lipinski definition) is 3. The Bertz CT molecular complexity index is 715. The molecule has 2 heterocycles. The molecule has 2 amide bonds. The third-order valence-corrected chi connectivity index (χ3v) is 4.02. The van der Waals surface area contributed by atoms with Gasteiger partial charge in [-0.05, 0) is 42.7 Å². The van der Waals surface area contributed by atoms with Gasteiger partial charge in [-0.3, -0.25) is 14.6 Å². The number of hydrogen-bond donors (Lipinski definition) is 1. The Morgan fingerprint density at radius 2 is 2.22 bits per heavy atom. The number of carbonyl (C=O) groups excluding carboxylic acids is 2. The number of pyridine rings is 1. The largest absolute Gasteiger partial charge is 0.351 e. The van der Waals surface area contributed by atoms with Crippen molar-refractivity contribution in [2.24, 2.45) is 5.92 Å². The number of anilines is 1. The molecule has 1 aromatic carbocycles. The summed E-state index contributed by atoms with van der Waals surface area (Å²) in [4.78, 5) is 30.5. The molecule has 5 heteroatoms. The summed E-state index contributed by atoms with van der Waals surface area (Å²) in [7, 11) is 0. The Balaban J connectivity index is 1.63. The van der Waals surface area contributed by atoms with Crippen molar-refractivity contribution < 1.29 is 9.59 Å². The van der Waals surface area contributed by atoms with Crippen molar-refractivity contribution in [2.75, 3.05) is 11.4 Å². The maximum Gasteiger partial charge on any atom is 0.239 e. The molecule has 0 spiro atoms. The summed E-state index contributed by atoms with van der Waals surface area (Å²) in [6.07, 6.45) is 3.94. The first kappa shape index (κ1) is 15.2. The van der Waals surface area contributed by atoms with E-state index in [1.165, 1.54) is 0 Å². The molecule has 0 aliphatic carbocycles. The van der Waals surface area contributed by atoms with E-state index in [-0.39, 0.29) is 11.8 Å². The van der Waals surface area contributed by atoms with Crippen molar-refractivity contribution in [1.29, 1.82) is 0 Å². The van der Waals surface area contributed by atoms with Gasteiger partial charge in [0.1, 0.15) is 5.92 Å². The lowest BCUT2D eigenvalue weighted by molar-refractivity contribution is -0.132. The fourth-order valence-electron chi connectivity index (χ4n) is 2.79. The minimum Gasteiger partial charge on any atom is -0.351 e. The molecule has 5 nitrogen and oxygen atoms in total. The summed E-state index contributed by atoms with van der Waals surface area (Å²) >= 11 is 0. The van der Waals surface area contributed by atoms with Gasteiger partial charge in [0.25, 0.3) is 0 Å². The average molecular weight is 309 g/mol. The van der Waals surface area contributed by atoms with Crippen molar-refractivity contribution in [1.82, 2.24) is 10.3 Å². The Kier molecular flexibility index (Phi) is 4.37. The first-order valence-electron chi connectivity index (χ1n) is 7.70. The maximum absolute atomic E-state index is 12.5. The topological polar surface area (TPSA) is 62.3 Å².